The predicted octanol–water partition coefficient (Wildman–Crippen LogP) is 5.15. The molecule has 0 aliphatic heterocycles. The highest BCUT2D eigenvalue weighted by atomic mass is 35.5. The third-order valence-electron chi connectivity index (χ3n) is 3.64. The molecule has 0 aliphatic carbocycles. The van der Waals surface area contributed by atoms with E-state index < -0.39 is 5.97 Å². The number of carbonyl (C=O) groups excluding carboxylic acids is 1. The van der Waals surface area contributed by atoms with Crippen molar-refractivity contribution in [3.63, 3.8) is 0 Å². The molecule has 138 valence electrons. The molecule has 2 N–H and O–H groups in total. The van der Waals surface area contributed by atoms with Crippen LogP contribution in [0.2, 0.25) is 5.15 Å². The second-order valence-electron chi connectivity index (χ2n) is 5.45. The summed E-state index contributed by atoms with van der Waals surface area (Å²) in [7, 11) is 1.24. The van der Waals surface area contributed by atoms with Crippen molar-refractivity contribution in [3.8, 4) is 16.9 Å². The number of phenolic OH excluding ortho intramolecular Hbond substituents is 1. The number of benzene rings is 2. The van der Waals surface area contributed by atoms with E-state index in [1.165, 1.54) is 43.3 Å². The van der Waals surface area contributed by atoms with Crippen molar-refractivity contribution in [2.75, 3.05) is 11.8 Å². The molecule has 5 nitrogen and oxygen atoms in total. The van der Waals surface area contributed by atoms with Gasteiger partial charge in [-0.2, -0.15) is 0 Å². The van der Waals surface area contributed by atoms with Crippen molar-refractivity contribution < 1.29 is 19.0 Å². The summed E-state index contributed by atoms with van der Waals surface area (Å²) in [6.07, 6.45) is 1.57. The van der Waals surface area contributed by atoms with Gasteiger partial charge in [0, 0.05) is 28.4 Å². The fourth-order valence-corrected chi connectivity index (χ4v) is 3.20. The van der Waals surface area contributed by atoms with E-state index in [2.05, 4.69) is 14.4 Å². The van der Waals surface area contributed by atoms with E-state index >= 15 is 0 Å². The number of aromatic hydroxyl groups is 1. The van der Waals surface area contributed by atoms with Crippen molar-refractivity contribution >= 4 is 35.2 Å². The maximum atomic E-state index is 13.5. The zero-order valence-electron chi connectivity index (χ0n) is 14.1. The smallest absolute Gasteiger partial charge is 0.341 e. The van der Waals surface area contributed by atoms with E-state index in [1.54, 1.807) is 30.5 Å². The Hall–Kier alpha value is -2.77. The first-order chi connectivity index (χ1) is 13.0. The molecule has 0 atom stereocenters. The van der Waals surface area contributed by atoms with Crippen molar-refractivity contribution in [3.05, 3.63) is 71.3 Å². The number of aromatic nitrogens is 1. The van der Waals surface area contributed by atoms with Crippen LogP contribution >= 0.6 is 23.5 Å². The first-order valence-corrected chi connectivity index (χ1v) is 8.93. The van der Waals surface area contributed by atoms with Crippen LogP contribution < -0.4 is 4.72 Å². The van der Waals surface area contributed by atoms with Gasteiger partial charge in [0.15, 0.2) is 0 Å². The van der Waals surface area contributed by atoms with Crippen molar-refractivity contribution in [1.82, 2.24) is 4.98 Å². The highest BCUT2D eigenvalue weighted by Gasteiger charge is 2.12. The van der Waals surface area contributed by atoms with Crippen LogP contribution in [0.5, 0.6) is 5.75 Å². The van der Waals surface area contributed by atoms with Gasteiger partial charge in [0.05, 0.1) is 7.11 Å². The second kappa shape index (κ2) is 8.28. The van der Waals surface area contributed by atoms with Crippen LogP contribution in [-0.2, 0) is 4.74 Å². The van der Waals surface area contributed by atoms with Crippen molar-refractivity contribution in [2.24, 2.45) is 0 Å². The zero-order chi connectivity index (χ0) is 19.4. The topological polar surface area (TPSA) is 71.5 Å². The average Bonchev–Trinajstić information content (AvgIpc) is 2.67. The number of nitrogens with one attached hydrogen (secondary N) is 1. The lowest BCUT2D eigenvalue weighted by Crippen LogP contribution is -2.01. The molecule has 0 radical (unpaired) electrons. The number of hydrogen-bond donors (Lipinski definition) is 2. The van der Waals surface area contributed by atoms with Crippen LogP contribution in [0, 0.1) is 5.82 Å². The molecule has 0 saturated heterocycles. The number of rotatable bonds is 5. The highest BCUT2D eigenvalue weighted by Crippen LogP contribution is 2.32. The predicted molar refractivity (Wildman–Crippen MR) is 104 cm³/mol. The Kier molecular flexibility index (Phi) is 5.83. The van der Waals surface area contributed by atoms with Gasteiger partial charge >= 0.3 is 5.97 Å². The van der Waals surface area contributed by atoms with E-state index in [4.69, 9.17) is 11.6 Å². The molecule has 3 aromatic rings. The van der Waals surface area contributed by atoms with E-state index in [9.17, 15) is 14.3 Å². The maximum absolute atomic E-state index is 13.5. The quantitative estimate of drug-likeness (QED) is 0.348. The Balaban J connectivity index is 1.78. The third-order valence-corrected chi connectivity index (χ3v) is 4.74. The molecule has 0 saturated carbocycles. The summed E-state index contributed by atoms with van der Waals surface area (Å²) >= 11 is 7.37. The van der Waals surface area contributed by atoms with Crippen LogP contribution in [0.15, 0.2) is 59.6 Å². The van der Waals surface area contributed by atoms with Crippen LogP contribution in [0.3, 0.4) is 0 Å². The third kappa shape index (κ3) is 4.50. The number of nitrogens with zero attached hydrogens (tertiary/aromatic N) is 1. The summed E-state index contributed by atoms with van der Waals surface area (Å²) in [5.41, 5.74) is 1.88. The Labute approximate surface area is 164 Å². The molecule has 0 bridgehead atoms. The van der Waals surface area contributed by atoms with Gasteiger partial charge < -0.3 is 14.6 Å². The van der Waals surface area contributed by atoms with Crippen molar-refractivity contribution in [2.45, 2.75) is 4.90 Å². The van der Waals surface area contributed by atoms with Gasteiger partial charge in [0.2, 0.25) is 0 Å². The molecule has 0 spiro atoms. The molecule has 0 aliphatic rings. The minimum absolute atomic E-state index is 0.0783. The summed E-state index contributed by atoms with van der Waals surface area (Å²) in [4.78, 5) is 16.4. The highest BCUT2D eigenvalue weighted by molar-refractivity contribution is 8.00. The molecule has 1 aromatic heterocycles. The summed E-state index contributed by atoms with van der Waals surface area (Å²) in [6.45, 7) is 0. The monoisotopic (exact) mass is 404 g/mol. The lowest BCUT2D eigenvalue weighted by atomic mass is 10.1. The fraction of sp³-hybridized carbons (Fsp3) is 0.0526. The van der Waals surface area contributed by atoms with Gasteiger partial charge in [-0.1, -0.05) is 23.7 Å². The molecule has 0 fully saturated rings. The number of halogens is 2. The molecule has 3 rings (SSSR count). The fourth-order valence-electron chi connectivity index (χ4n) is 2.34. The second-order valence-corrected chi connectivity index (χ2v) is 6.69. The molecule has 8 heteroatoms. The number of anilines is 1. The lowest BCUT2D eigenvalue weighted by Gasteiger charge is -2.10. The van der Waals surface area contributed by atoms with Gasteiger partial charge in [-0.25, -0.2) is 14.2 Å². The first-order valence-electron chi connectivity index (χ1n) is 7.73. The van der Waals surface area contributed by atoms with E-state index in [0.717, 1.165) is 4.90 Å². The van der Waals surface area contributed by atoms with Gasteiger partial charge in [-0.15, -0.1) is 0 Å². The standard InChI is InChI=1S/C19H14ClFN2O3S/c1-26-19(25)15-6-5-13(8-17(15)24)23-27-14-9-16(18(20)22-10-14)11-3-2-4-12(21)7-11/h2-10,23-24H,1H3. The van der Waals surface area contributed by atoms with Gasteiger partial charge in [-0.05, 0) is 47.8 Å². The molecular formula is C19H14ClFN2O3S. The SMILES string of the molecule is COC(=O)c1ccc(NSc2cnc(Cl)c(-c3cccc(F)c3)c2)cc1O. The Bertz CT molecular complexity index is 1000. The van der Waals surface area contributed by atoms with E-state index in [1.807, 2.05) is 0 Å². The molecule has 27 heavy (non-hydrogen) atoms. The van der Waals surface area contributed by atoms with Crippen LogP contribution in [0.1, 0.15) is 10.4 Å². The Morgan fingerprint density at radius 1 is 1.26 bits per heavy atom. The molecule has 1 heterocycles. The number of ether oxygens (including phenoxy) is 1. The summed E-state index contributed by atoms with van der Waals surface area (Å²) in [6, 6.07) is 12.4. The van der Waals surface area contributed by atoms with Gasteiger partial charge in [0.1, 0.15) is 22.3 Å². The molecule has 0 unspecified atom stereocenters. The minimum atomic E-state index is -0.617. The Morgan fingerprint density at radius 3 is 2.78 bits per heavy atom. The van der Waals surface area contributed by atoms with Crippen LogP contribution in [0.25, 0.3) is 11.1 Å². The minimum Gasteiger partial charge on any atom is -0.507 e. The van der Waals surface area contributed by atoms with E-state index in [0.29, 0.717) is 16.8 Å². The largest absolute Gasteiger partial charge is 0.507 e. The molecule has 0 amide bonds. The van der Waals surface area contributed by atoms with Gasteiger partial charge in [-0.3, -0.25) is 0 Å². The number of pyridine rings is 1. The Morgan fingerprint density at radius 2 is 2.07 bits per heavy atom. The summed E-state index contributed by atoms with van der Waals surface area (Å²) in [5.74, 6) is -1.17. The average molecular weight is 405 g/mol. The van der Waals surface area contributed by atoms with Crippen molar-refractivity contribution in [1.29, 1.82) is 0 Å². The summed E-state index contributed by atoms with van der Waals surface area (Å²) < 4.78 is 21.1. The number of carbonyl (C=O) groups is 1. The maximum Gasteiger partial charge on any atom is 0.341 e. The first kappa shape index (κ1) is 19.0. The van der Waals surface area contributed by atoms with E-state index in [-0.39, 0.29) is 22.3 Å². The van der Waals surface area contributed by atoms with Crippen LogP contribution in [-0.4, -0.2) is 23.2 Å². The normalized spacial score (nSPS) is 10.5. The van der Waals surface area contributed by atoms with Crippen LogP contribution in [0.4, 0.5) is 10.1 Å². The zero-order valence-corrected chi connectivity index (χ0v) is 15.6. The molecule has 2 aromatic carbocycles. The summed E-state index contributed by atoms with van der Waals surface area (Å²) in [5, 5.41) is 10.2. The molecular weight excluding hydrogens is 391 g/mol. The van der Waals surface area contributed by atoms with Gasteiger partial charge in [0.25, 0.3) is 0 Å². The number of hydrogen-bond acceptors (Lipinski definition) is 6. The lowest BCUT2D eigenvalue weighted by molar-refractivity contribution is 0.0597. The number of phenols is 1. The number of methoxy groups -OCH3 is 1. The number of esters is 1.